The number of hydrogen-bond acceptors (Lipinski definition) is 4. The van der Waals surface area contributed by atoms with Gasteiger partial charge in [0.05, 0.1) is 11.9 Å². The van der Waals surface area contributed by atoms with E-state index in [0.29, 0.717) is 5.92 Å². The van der Waals surface area contributed by atoms with Crippen LogP contribution in [0.5, 0.6) is 0 Å². The van der Waals surface area contributed by atoms with Gasteiger partial charge in [-0.2, -0.15) is 10.1 Å². The highest BCUT2D eigenvalue weighted by Gasteiger charge is 2.15. The van der Waals surface area contributed by atoms with Crippen molar-refractivity contribution in [2.75, 3.05) is 6.54 Å². The molecule has 0 amide bonds. The standard InChI is InChI=1S/C14H19N5S/c1-10(2)6-15-8-12-13(19-9-11(3)7-16-19)17-14-18(12)4-5-20-14/h4-5,7,9-10,15H,6,8H2,1-3H3. The largest absolute Gasteiger partial charge is 0.311 e. The van der Waals surface area contributed by atoms with Crippen molar-refractivity contribution in [1.82, 2.24) is 24.5 Å². The van der Waals surface area contributed by atoms with Crippen LogP contribution in [0.1, 0.15) is 25.1 Å². The second kappa shape index (κ2) is 5.38. The molecule has 1 N–H and O–H groups in total. The SMILES string of the molecule is Cc1cnn(-c2nc3sccn3c2CNCC(C)C)c1. The molecule has 20 heavy (non-hydrogen) atoms. The highest BCUT2D eigenvalue weighted by molar-refractivity contribution is 7.15. The molecular formula is C14H19N5S. The molecule has 106 valence electrons. The van der Waals surface area contributed by atoms with Crippen molar-refractivity contribution in [2.45, 2.75) is 27.3 Å². The Labute approximate surface area is 122 Å². The van der Waals surface area contributed by atoms with E-state index in [4.69, 9.17) is 4.98 Å². The molecule has 6 heteroatoms. The van der Waals surface area contributed by atoms with Gasteiger partial charge in [0.2, 0.25) is 0 Å². The van der Waals surface area contributed by atoms with Crippen LogP contribution in [0.3, 0.4) is 0 Å². The summed E-state index contributed by atoms with van der Waals surface area (Å²) < 4.78 is 4.01. The second-order valence-corrected chi connectivity index (χ2v) is 6.30. The lowest BCUT2D eigenvalue weighted by Gasteiger charge is -2.08. The zero-order valence-corrected chi connectivity index (χ0v) is 12.8. The highest BCUT2D eigenvalue weighted by atomic mass is 32.1. The van der Waals surface area contributed by atoms with Gasteiger partial charge in [0, 0.05) is 24.3 Å². The normalized spacial score (nSPS) is 11.8. The Morgan fingerprint density at radius 3 is 2.95 bits per heavy atom. The number of aromatic nitrogens is 4. The number of aryl methyl sites for hydroxylation is 1. The Morgan fingerprint density at radius 2 is 2.25 bits per heavy atom. The van der Waals surface area contributed by atoms with Crippen LogP contribution in [0, 0.1) is 12.8 Å². The molecule has 0 atom stereocenters. The van der Waals surface area contributed by atoms with Crippen LogP contribution in [0.4, 0.5) is 0 Å². The van der Waals surface area contributed by atoms with E-state index in [0.717, 1.165) is 35.1 Å². The zero-order chi connectivity index (χ0) is 14.1. The summed E-state index contributed by atoms with van der Waals surface area (Å²) in [6.07, 6.45) is 5.94. The number of fused-ring (bicyclic) bond motifs is 1. The lowest BCUT2D eigenvalue weighted by molar-refractivity contribution is 0.546. The van der Waals surface area contributed by atoms with Crippen LogP contribution in [0.15, 0.2) is 24.0 Å². The Kier molecular flexibility index (Phi) is 3.58. The molecule has 0 unspecified atom stereocenters. The van der Waals surface area contributed by atoms with Crippen molar-refractivity contribution >= 4 is 16.3 Å². The topological polar surface area (TPSA) is 47.2 Å². The maximum atomic E-state index is 4.70. The predicted octanol–water partition coefficient (Wildman–Crippen LogP) is 2.64. The number of nitrogens with zero attached hydrogens (tertiary/aromatic N) is 4. The van der Waals surface area contributed by atoms with E-state index in [2.05, 4.69) is 40.2 Å². The summed E-state index contributed by atoms with van der Waals surface area (Å²) in [5.41, 5.74) is 2.30. The van der Waals surface area contributed by atoms with E-state index < -0.39 is 0 Å². The molecule has 0 aliphatic rings. The average molecular weight is 289 g/mol. The summed E-state index contributed by atoms with van der Waals surface area (Å²) in [6, 6.07) is 0. The fourth-order valence-corrected chi connectivity index (χ4v) is 2.90. The summed E-state index contributed by atoms with van der Waals surface area (Å²) in [7, 11) is 0. The molecule has 5 nitrogen and oxygen atoms in total. The molecule has 3 aromatic rings. The first kappa shape index (κ1) is 13.3. The Morgan fingerprint density at radius 1 is 1.40 bits per heavy atom. The first-order valence-electron chi connectivity index (χ1n) is 6.82. The maximum absolute atomic E-state index is 4.70. The van der Waals surface area contributed by atoms with E-state index in [1.165, 1.54) is 0 Å². The summed E-state index contributed by atoms with van der Waals surface area (Å²) >= 11 is 1.65. The summed E-state index contributed by atoms with van der Waals surface area (Å²) in [4.78, 5) is 5.70. The monoisotopic (exact) mass is 289 g/mol. The molecule has 3 rings (SSSR count). The average Bonchev–Trinajstić information content (AvgIpc) is 3.05. The smallest absolute Gasteiger partial charge is 0.196 e. The lowest BCUT2D eigenvalue weighted by atomic mass is 10.2. The third-order valence-corrected chi connectivity index (χ3v) is 3.87. The van der Waals surface area contributed by atoms with Crippen molar-refractivity contribution < 1.29 is 0 Å². The van der Waals surface area contributed by atoms with Gasteiger partial charge in [-0.05, 0) is 24.9 Å². The van der Waals surface area contributed by atoms with E-state index in [9.17, 15) is 0 Å². The van der Waals surface area contributed by atoms with Crippen LogP contribution in [0.2, 0.25) is 0 Å². The van der Waals surface area contributed by atoms with Gasteiger partial charge < -0.3 is 5.32 Å². The number of rotatable bonds is 5. The van der Waals surface area contributed by atoms with Crippen LogP contribution in [0.25, 0.3) is 10.8 Å². The third-order valence-electron chi connectivity index (χ3n) is 3.11. The third kappa shape index (κ3) is 2.48. The predicted molar refractivity (Wildman–Crippen MR) is 81.5 cm³/mol. The lowest BCUT2D eigenvalue weighted by Crippen LogP contribution is -2.20. The van der Waals surface area contributed by atoms with Gasteiger partial charge in [0.25, 0.3) is 0 Å². The fraction of sp³-hybridized carbons (Fsp3) is 0.429. The van der Waals surface area contributed by atoms with Crippen molar-refractivity contribution in [3.63, 3.8) is 0 Å². The maximum Gasteiger partial charge on any atom is 0.196 e. The van der Waals surface area contributed by atoms with Crippen LogP contribution in [-0.4, -0.2) is 25.7 Å². The van der Waals surface area contributed by atoms with Crippen molar-refractivity contribution in [1.29, 1.82) is 0 Å². The zero-order valence-electron chi connectivity index (χ0n) is 12.0. The van der Waals surface area contributed by atoms with E-state index in [1.807, 2.05) is 24.0 Å². The van der Waals surface area contributed by atoms with Gasteiger partial charge in [-0.25, -0.2) is 4.68 Å². The van der Waals surface area contributed by atoms with Crippen LogP contribution < -0.4 is 5.32 Å². The summed E-state index contributed by atoms with van der Waals surface area (Å²) in [5, 5.41) is 9.93. The van der Waals surface area contributed by atoms with Gasteiger partial charge >= 0.3 is 0 Å². The number of nitrogens with one attached hydrogen (secondary N) is 1. The van der Waals surface area contributed by atoms with Gasteiger partial charge in [-0.1, -0.05) is 13.8 Å². The van der Waals surface area contributed by atoms with Crippen molar-refractivity contribution in [2.24, 2.45) is 5.92 Å². The molecule has 0 aliphatic carbocycles. The van der Waals surface area contributed by atoms with E-state index in [-0.39, 0.29) is 0 Å². The Bertz CT molecular complexity index is 706. The quantitative estimate of drug-likeness (QED) is 0.785. The summed E-state index contributed by atoms with van der Waals surface area (Å²) in [5.74, 6) is 1.55. The van der Waals surface area contributed by atoms with E-state index >= 15 is 0 Å². The minimum atomic E-state index is 0.635. The van der Waals surface area contributed by atoms with E-state index in [1.54, 1.807) is 11.3 Å². The minimum Gasteiger partial charge on any atom is -0.311 e. The molecular weight excluding hydrogens is 270 g/mol. The minimum absolute atomic E-state index is 0.635. The molecule has 0 saturated heterocycles. The molecule has 0 spiro atoms. The summed E-state index contributed by atoms with van der Waals surface area (Å²) in [6.45, 7) is 8.25. The molecule has 0 radical (unpaired) electrons. The van der Waals surface area contributed by atoms with Gasteiger partial charge in [0.15, 0.2) is 10.8 Å². The first-order chi connectivity index (χ1) is 9.65. The first-order valence-corrected chi connectivity index (χ1v) is 7.70. The molecule has 3 aromatic heterocycles. The highest BCUT2D eigenvalue weighted by Crippen LogP contribution is 2.20. The van der Waals surface area contributed by atoms with Crippen molar-refractivity contribution in [3.05, 3.63) is 35.2 Å². The fourth-order valence-electron chi connectivity index (χ4n) is 2.18. The number of hydrogen-bond donors (Lipinski definition) is 1. The molecule has 0 bridgehead atoms. The van der Waals surface area contributed by atoms with Crippen LogP contribution in [-0.2, 0) is 6.54 Å². The molecule has 0 aromatic carbocycles. The Hall–Kier alpha value is -1.66. The number of thiazole rings is 1. The molecule has 3 heterocycles. The van der Waals surface area contributed by atoms with Gasteiger partial charge in [-0.3, -0.25) is 4.40 Å². The molecule has 0 fully saturated rings. The van der Waals surface area contributed by atoms with Crippen LogP contribution >= 0.6 is 11.3 Å². The van der Waals surface area contributed by atoms with Crippen molar-refractivity contribution in [3.8, 4) is 5.82 Å². The molecule has 0 aliphatic heterocycles. The molecule has 0 saturated carbocycles. The van der Waals surface area contributed by atoms with Gasteiger partial charge in [-0.15, -0.1) is 11.3 Å². The second-order valence-electron chi connectivity index (χ2n) is 5.42. The van der Waals surface area contributed by atoms with Gasteiger partial charge in [0.1, 0.15) is 0 Å². The Balaban J connectivity index is 1.96. The number of imidazole rings is 1.